The normalized spacial score (nSPS) is 17.5. The smallest absolute Gasteiger partial charge is 0.243 e. The van der Waals surface area contributed by atoms with Crippen molar-refractivity contribution in [3.05, 3.63) is 27.2 Å². The Kier molecular flexibility index (Phi) is 4.65. The summed E-state index contributed by atoms with van der Waals surface area (Å²) in [7, 11) is -3.79. The Labute approximate surface area is 127 Å². The van der Waals surface area contributed by atoms with Crippen LogP contribution in [0.4, 0.5) is 0 Å². The fourth-order valence-electron chi connectivity index (χ4n) is 1.75. The van der Waals surface area contributed by atoms with Crippen molar-refractivity contribution in [3.8, 4) is 0 Å². The van der Waals surface area contributed by atoms with Crippen LogP contribution in [0.5, 0.6) is 0 Å². The summed E-state index contributed by atoms with van der Waals surface area (Å²) >= 11 is 17.5. The number of sulfonamides is 1. The van der Waals surface area contributed by atoms with E-state index < -0.39 is 10.0 Å². The highest BCUT2D eigenvalue weighted by atomic mass is 35.5. The zero-order chi connectivity index (χ0) is 14.2. The van der Waals surface area contributed by atoms with E-state index in [0.29, 0.717) is 5.92 Å². The van der Waals surface area contributed by atoms with E-state index in [1.54, 1.807) is 0 Å². The Morgan fingerprint density at radius 1 is 1.26 bits per heavy atom. The Bertz CT molecular complexity index is 565. The number of nitrogens with one attached hydrogen (secondary N) is 1. The highest BCUT2D eigenvalue weighted by Gasteiger charge is 2.30. The molecule has 3 N–H and O–H groups in total. The van der Waals surface area contributed by atoms with Crippen molar-refractivity contribution in [2.75, 3.05) is 6.54 Å². The van der Waals surface area contributed by atoms with Gasteiger partial charge in [-0.2, -0.15) is 0 Å². The monoisotopic (exact) mass is 342 g/mol. The summed E-state index contributed by atoms with van der Waals surface area (Å²) in [6, 6.07) is 2.49. The predicted octanol–water partition coefficient (Wildman–Crippen LogP) is 2.66. The van der Waals surface area contributed by atoms with Gasteiger partial charge in [0.05, 0.1) is 10.0 Å². The number of halogens is 3. The molecule has 0 radical (unpaired) electrons. The molecule has 8 heteroatoms. The van der Waals surface area contributed by atoms with Gasteiger partial charge < -0.3 is 5.73 Å². The first-order valence-electron chi connectivity index (χ1n) is 5.71. The second kappa shape index (κ2) is 5.76. The third kappa shape index (κ3) is 3.74. The molecule has 0 heterocycles. The van der Waals surface area contributed by atoms with Gasteiger partial charge in [0.25, 0.3) is 0 Å². The average Bonchev–Trinajstić information content (AvgIpc) is 3.07. The van der Waals surface area contributed by atoms with Crippen LogP contribution in [-0.4, -0.2) is 21.0 Å². The third-order valence-electron chi connectivity index (χ3n) is 2.97. The first kappa shape index (κ1) is 15.4. The van der Waals surface area contributed by atoms with Crippen LogP contribution >= 0.6 is 34.8 Å². The van der Waals surface area contributed by atoms with Crippen LogP contribution in [0.15, 0.2) is 17.0 Å². The van der Waals surface area contributed by atoms with Gasteiger partial charge in [-0.1, -0.05) is 34.8 Å². The minimum Gasteiger partial charge on any atom is -0.326 e. The van der Waals surface area contributed by atoms with Gasteiger partial charge >= 0.3 is 0 Å². The quantitative estimate of drug-likeness (QED) is 0.863. The summed E-state index contributed by atoms with van der Waals surface area (Å²) < 4.78 is 26.7. The largest absolute Gasteiger partial charge is 0.326 e. The van der Waals surface area contributed by atoms with Crippen molar-refractivity contribution in [1.82, 2.24) is 4.72 Å². The van der Waals surface area contributed by atoms with Crippen molar-refractivity contribution in [1.29, 1.82) is 0 Å². The van der Waals surface area contributed by atoms with Crippen molar-refractivity contribution >= 4 is 44.8 Å². The third-order valence-corrected chi connectivity index (χ3v) is 5.53. The summed E-state index contributed by atoms with van der Waals surface area (Å²) in [5.74, 6) is 0.402. The molecule has 1 aliphatic carbocycles. The van der Waals surface area contributed by atoms with Gasteiger partial charge in [0.15, 0.2) is 0 Å². The van der Waals surface area contributed by atoms with Crippen LogP contribution in [0, 0.1) is 5.92 Å². The molecule has 1 fully saturated rings. The average molecular weight is 344 g/mol. The summed E-state index contributed by atoms with van der Waals surface area (Å²) in [4.78, 5) is -0.164. The lowest BCUT2D eigenvalue weighted by Gasteiger charge is -2.14. The molecule has 4 nitrogen and oxygen atoms in total. The van der Waals surface area contributed by atoms with Crippen molar-refractivity contribution < 1.29 is 8.42 Å². The van der Waals surface area contributed by atoms with E-state index in [0.717, 1.165) is 12.8 Å². The topological polar surface area (TPSA) is 72.2 Å². The first-order chi connectivity index (χ1) is 8.81. The lowest BCUT2D eigenvalue weighted by atomic mass is 10.2. The highest BCUT2D eigenvalue weighted by molar-refractivity contribution is 7.89. The van der Waals surface area contributed by atoms with Gasteiger partial charge in [0, 0.05) is 17.6 Å². The van der Waals surface area contributed by atoms with E-state index in [-0.39, 0.29) is 32.5 Å². The molecule has 1 aliphatic rings. The molecular formula is C11H13Cl3N2O2S. The van der Waals surface area contributed by atoms with E-state index in [9.17, 15) is 8.42 Å². The second-order valence-corrected chi connectivity index (χ2v) is 7.51. The first-order valence-corrected chi connectivity index (χ1v) is 8.33. The number of hydrogen-bond donors (Lipinski definition) is 2. The molecule has 2 rings (SSSR count). The minimum absolute atomic E-state index is 0.00927. The molecule has 0 amide bonds. The van der Waals surface area contributed by atoms with Crippen LogP contribution < -0.4 is 10.5 Å². The van der Waals surface area contributed by atoms with Crippen molar-refractivity contribution in [2.24, 2.45) is 11.7 Å². The number of rotatable bonds is 5. The van der Waals surface area contributed by atoms with Gasteiger partial charge in [-0.3, -0.25) is 0 Å². The zero-order valence-corrected chi connectivity index (χ0v) is 13.0. The van der Waals surface area contributed by atoms with E-state index in [1.165, 1.54) is 12.1 Å². The fraction of sp³-hybridized carbons (Fsp3) is 0.455. The van der Waals surface area contributed by atoms with Gasteiger partial charge in [-0.25, -0.2) is 13.1 Å². The van der Waals surface area contributed by atoms with Gasteiger partial charge in [0.2, 0.25) is 10.0 Å². The molecule has 1 aromatic rings. The SMILES string of the molecule is NC(CNS(=O)(=O)c1c(Cl)cc(Cl)cc1Cl)C1CC1. The molecule has 1 atom stereocenters. The molecule has 0 bridgehead atoms. The molecule has 0 saturated heterocycles. The van der Waals surface area contributed by atoms with E-state index in [4.69, 9.17) is 40.5 Å². The van der Waals surface area contributed by atoms with Crippen LogP contribution in [0.3, 0.4) is 0 Å². The molecule has 106 valence electrons. The maximum Gasteiger partial charge on any atom is 0.243 e. The summed E-state index contributed by atoms with van der Waals surface area (Å²) in [6.45, 7) is 0.169. The highest BCUT2D eigenvalue weighted by Crippen LogP contribution is 2.33. The Morgan fingerprint density at radius 2 is 1.79 bits per heavy atom. The summed E-state index contributed by atoms with van der Waals surface area (Å²) in [6.07, 6.45) is 2.09. The maximum atomic E-state index is 12.2. The fourth-order valence-corrected chi connectivity index (χ4v) is 4.37. The van der Waals surface area contributed by atoms with Crippen LogP contribution in [0.25, 0.3) is 0 Å². The molecule has 1 aromatic carbocycles. The Balaban J connectivity index is 2.19. The molecule has 1 saturated carbocycles. The van der Waals surface area contributed by atoms with Crippen LogP contribution in [0.2, 0.25) is 15.1 Å². The van der Waals surface area contributed by atoms with E-state index in [1.807, 2.05) is 0 Å². The predicted molar refractivity (Wildman–Crippen MR) is 77.4 cm³/mol. The maximum absolute atomic E-state index is 12.2. The standard InChI is InChI=1S/C11H13Cl3N2O2S/c12-7-3-8(13)11(9(14)4-7)19(17,18)16-5-10(15)6-1-2-6/h3-4,6,10,16H,1-2,5,15H2. The molecule has 0 spiro atoms. The molecule has 0 aromatic heterocycles. The molecule has 19 heavy (non-hydrogen) atoms. The lowest BCUT2D eigenvalue weighted by molar-refractivity contribution is 0.548. The van der Waals surface area contributed by atoms with Crippen LogP contribution in [0.1, 0.15) is 12.8 Å². The lowest BCUT2D eigenvalue weighted by Crippen LogP contribution is -2.38. The van der Waals surface area contributed by atoms with Crippen molar-refractivity contribution in [2.45, 2.75) is 23.8 Å². The Morgan fingerprint density at radius 3 is 2.26 bits per heavy atom. The summed E-state index contributed by atoms with van der Waals surface area (Å²) in [5.41, 5.74) is 5.85. The van der Waals surface area contributed by atoms with E-state index >= 15 is 0 Å². The number of hydrogen-bond acceptors (Lipinski definition) is 3. The Hall–Kier alpha value is -0.0400. The van der Waals surface area contributed by atoms with Gasteiger partial charge in [-0.05, 0) is 30.9 Å². The molecule has 0 aliphatic heterocycles. The van der Waals surface area contributed by atoms with Crippen LogP contribution in [-0.2, 0) is 10.0 Å². The van der Waals surface area contributed by atoms with E-state index in [2.05, 4.69) is 4.72 Å². The summed E-state index contributed by atoms with van der Waals surface area (Å²) in [5, 5.41) is 0.263. The number of nitrogens with two attached hydrogens (primary N) is 1. The van der Waals surface area contributed by atoms with Gasteiger partial charge in [-0.15, -0.1) is 0 Å². The second-order valence-electron chi connectivity index (χ2n) is 4.55. The molecule has 1 unspecified atom stereocenters. The minimum atomic E-state index is -3.79. The zero-order valence-electron chi connectivity index (χ0n) is 9.87. The molecular weight excluding hydrogens is 331 g/mol. The van der Waals surface area contributed by atoms with Gasteiger partial charge in [0.1, 0.15) is 4.90 Å². The number of benzene rings is 1. The van der Waals surface area contributed by atoms with Crippen molar-refractivity contribution in [3.63, 3.8) is 0 Å².